The maximum Gasteiger partial charge on any atom is 0.442 e. The fraction of sp³-hybridized carbons (Fsp3) is 0.400. The molecule has 0 aliphatic carbocycles. The average Bonchev–Trinajstić information content (AvgIpc) is 2.66. The third kappa shape index (κ3) is 5.39. The third-order valence-electron chi connectivity index (χ3n) is 4.54. The van der Waals surface area contributed by atoms with Gasteiger partial charge in [-0.3, -0.25) is 0 Å². The highest BCUT2D eigenvalue weighted by atomic mass is 19.4. The van der Waals surface area contributed by atoms with Crippen LogP contribution in [0.3, 0.4) is 0 Å². The first-order valence-electron chi connectivity index (χ1n) is 9.13. The Bertz CT molecular complexity index is 1060. The summed E-state index contributed by atoms with van der Waals surface area (Å²) >= 11 is 0. The zero-order valence-electron chi connectivity index (χ0n) is 18.2. The van der Waals surface area contributed by atoms with Gasteiger partial charge in [-0.2, -0.15) is 52.7 Å². The summed E-state index contributed by atoms with van der Waals surface area (Å²) in [4.78, 5) is 23.4. The third-order valence-corrected chi connectivity index (χ3v) is 4.54. The highest BCUT2D eigenvalue weighted by Crippen LogP contribution is 2.57. The molecule has 1 aromatic rings. The normalized spacial score (nSPS) is 13.7. The second-order valence-electron chi connectivity index (χ2n) is 7.39. The Hall–Kier alpha value is -3.27. The number of benzene rings is 1. The lowest BCUT2D eigenvalue weighted by atomic mass is 9.84. The molecule has 37 heavy (non-hydrogen) atoms. The Morgan fingerprint density at radius 3 is 1.27 bits per heavy atom. The van der Waals surface area contributed by atoms with E-state index in [1.165, 1.54) is 0 Å². The number of ether oxygens (including phenoxy) is 2. The molecule has 1 rings (SSSR count). The molecule has 0 heterocycles. The first kappa shape index (κ1) is 31.8. The molecule has 0 aliphatic rings. The second-order valence-corrected chi connectivity index (χ2v) is 7.39. The van der Waals surface area contributed by atoms with E-state index in [0.29, 0.717) is 13.8 Å². The predicted molar refractivity (Wildman–Crippen MR) is 95.8 cm³/mol. The highest BCUT2D eigenvalue weighted by molar-refractivity contribution is 5.88. The summed E-state index contributed by atoms with van der Waals surface area (Å²) < 4.78 is 187. The van der Waals surface area contributed by atoms with Crippen LogP contribution in [0.1, 0.15) is 25.0 Å². The Kier molecular flexibility index (Phi) is 8.20. The maximum atomic E-state index is 14.5. The average molecular weight is 564 g/mol. The quantitative estimate of drug-likeness (QED) is 0.219. The fourth-order valence-electron chi connectivity index (χ4n) is 2.77. The van der Waals surface area contributed by atoms with E-state index in [4.69, 9.17) is 0 Å². The summed E-state index contributed by atoms with van der Waals surface area (Å²) in [6.07, 6.45) is -27.4. The number of alkyl halides is 12. The molecule has 0 aliphatic heterocycles. The zero-order chi connectivity index (χ0) is 29.6. The Labute approximate surface area is 198 Å². The lowest BCUT2D eigenvalue weighted by molar-refractivity contribution is -0.379. The molecule has 0 fully saturated rings. The number of hydrogen-bond donors (Lipinski definition) is 0. The number of carbonyl (C=O) groups excluding carboxylic acids is 2. The zero-order valence-corrected chi connectivity index (χ0v) is 18.2. The van der Waals surface area contributed by atoms with Crippen molar-refractivity contribution in [2.45, 2.75) is 49.8 Å². The van der Waals surface area contributed by atoms with Crippen LogP contribution in [0.15, 0.2) is 42.5 Å². The smallest absolute Gasteiger partial charge is 0.431 e. The molecular weight excluding hydrogens is 551 g/mol. The van der Waals surface area contributed by atoms with Crippen molar-refractivity contribution in [1.82, 2.24) is 0 Å². The van der Waals surface area contributed by atoms with E-state index in [0.717, 1.165) is 0 Å². The van der Waals surface area contributed by atoms with Crippen LogP contribution in [0, 0.1) is 5.82 Å². The molecule has 1 aromatic carbocycles. The van der Waals surface area contributed by atoms with Gasteiger partial charge in [-0.05, 0) is 26.0 Å². The van der Waals surface area contributed by atoms with Crippen LogP contribution in [0.5, 0.6) is 0 Å². The molecule has 0 saturated carbocycles. The van der Waals surface area contributed by atoms with Crippen molar-refractivity contribution in [2.75, 3.05) is 0 Å². The van der Waals surface area contributed by atoms with Crippen molar-refractivity contribution >= 4 is 11.9 Å². The van der Waals surface area contributed by atoms with E-state index in [1.807, 2.05) is 0 Å². The summed E-state index contributed by atoms with van der Waals surface area (Å²) in [6, 6.07) is -2.29. The Morgan fingerprint density at radius 1 is 0.649 bits per heavy atom. The van der Waals surface area contributed by atoms with E-state index in [2.05, 4.69) is 22.6 Å². The van der Waals surface area contributed by atoms with Crippen molar-refractivity contribution in [3.8, 4) is 0 Å². The second kappa shape index (κ2) is 9.55. The molecule has 0 spiro atoms. The lowest BCUT2D eigenvalue weighted by Gasteiger charge is -2.39. The van der Waals surface area contributed by atoms with E-state index in [9.17, 15) is 66.7 Å². The van der Waals surface area contributed by atoms with E-state index in [-0.39, 0.29) is 0 Å². The van der Waals surface area contributed by atoms with Crippen LogP contribution in [-0.2, 0) is 30.3 Å². The van der Waals surface area contributed by atoms with Crippen LogP contribution < -0.4 is 0 Å². The Balaban J connectivity index is 4.35. The van der Waals surface area contributed by atoms with Crippen LogP contribution >= 0.6 is 0 Å². The summed E-state index contributed by atoms with van der Waals surface area (Å²) in [5.41, 5.74) is -19.9. The first-order chi connectivity index (χ1) is 16.3. The summed E-state index contributed by atoms with van der Waals surface area (Å²) in [7, 11) is 0. The summed E-state index contributed by atoms with van der Waals surface area (Å²) in [5, 5.41) is 0. The molecule has 0 amide bonds. The number of carbonyl (C=O) groups is 2. The maximum absolute atomic E-state index is 14.5. The van der Waals surface area contributed by atoms with E-state index >= 15 is 0 Å². The number of esters is 2. The number of rotatable bonds is 6. The molecular formula is C20H13F13O4. The SMILES string of the molecule is C=C(C)C(=O)OC(c1ccc(F)c(C(OC(=O)C(=C)C)(C(F)(F)F)C(F)(F)F)c1)(C(F)(F)F)C(F)(F)F. The molecule has 0 N–H and O–H groups in total. The van der Waals surface area contributed by atoms with Gasteiger partial charge in [0.15, 0.2) is 0 Å². The van der Waals surface area contributed by atoms with Crippen molar-refractivity contribution in [3.63, 3.8) is 0 Å². The molecule has 0 aromatic heterocycles. The number of hydrogen-bond acceptors (Lipinski definition) is 4. The molecule has 0 atom stereocenters. The summed E-state index contributed by atoms with van der Waals surface area (Å²) in [6.45, 7) is 6.59. The van der Waals surface area contributed by atoms with Crippen molar-refractivity contribution in [2.24, 2.45) is 0 Å². The van der Waals surface area contributed by atoms with Gasteiger partial charge in [0.25, 0.3) is 0 Å². The van der Waals surface area contributed by atoms with Gasteiger partial charge in [-0.15, -0.1) is 0 Å². The van der Waals surface area contributed by atoms with E-state index in [1.54, 1.807) is 0 Å². The summed E-state index contributed by atoms with van der Waals surface area (Å²) in [5.74, 6) is -7.57. The topological polar surface area (TPSA) is 52.6 Å². The van der Waals surface area contributed by atoms with Crippen LogP contribution in [0.4, 0.5) is 57.1 Å². The molecule has 17 heteroatoms. The van der Waals surface area contributed by atoms with Gasteiger partial charge in [0.1, 0.15) is 5.82 Å². The van der Waals surface area contributed by atoms with Gasteiger partial charge < -0.3 is 9.47 Å². The first-order valence-corrected chi connectivity index (χ1v) is 9.13. The van der Waals surface area contributed by atoms with Crippen LogP contribution in [0.2, 0.25) is 0 Å². The van der Waals surface area contributed by atoms with Gasteiger partial charge in [-0.1, -0.05) is 19.2 Å². The Morgan fingerprint density at radius 2 is 0.973 bits per heavy atom. The molecule has 0 saturated heterocycles. The van der Waals surface area contributed by atoms with Gasteiger partial charge >= 0.3 is 47.8 Å². The minimum atomic E-state index is -6.91. The van der Waals surface area contributed by atoms with Gasteiger partial charge in [0.2, 0.25) is 0 Å². The highest BCUT2D eigenvalue weighted by Gasteiger charge is 2.78. The lowest BCUT2D eigenvalue weighted by Crippen LogP contribution is -2.59. The van der Waals surface area contributed by atoms with Crippen molar-refractivity contribution in [1.29, 1.82) is 0 Å². The van der Waals surface area contributed by atoms with Gasteiger partial charge in [0, 0.05) is 16.7 Å². The van der Waals surface area contributed by atoms with Crippen molar-refractivity contribution < 1.29 is 76.1 Å². The van der Waals surface area contributed by atoms with Gasteiger partial charge in [0.05, 0.1) is 5.56 Å². The standard InChI is InChI=1S/C20H13F13O4/c1-8(2)13(34)36-15(17(22,23)24,18(25,26)27)10-5-6-12(21)11(7-10)16(19(28,29)30,20(31,32)33)37-14(35)9(3)4/h5-7H,1,3H2,2,4H3. The monoisotopic (exact) mass is 564 g/mol. The molecule has 208 valence electrons. The predicted octanol–water partition coefficient (Wildman–Crippen LogP) is 6.70. The number of halogens is 13. The van der Waals surface area contributed by atoms with Crippen molar-refractivity contribution in [3.05, 3.63) is 59.4 Å². The van der Waals surface area contributed by atoms with E-state index < -0.39 is 94.1 Å². The largest absolute Gasteiger partial charge is 0.442 e. The molecule has 4 nitrogen and oxygen atoms in total. The molecule has 0 bridgehead atoms. The molecule has 0 unspecified atom stereocenters. The van der Waals surface area contributed by atoms with Gasteiger partial charge in [-0.25, -0.2) is 14.0 Å². The fourth-order valence-corrected chi connectivity index (χ4v) is 2.77. The minimum absolute atomic E-state index is 0.510. The van der Waals surface area contributed by atoms with Crippen LogP contribution in [0.25, 0.3) is 0 Å². The minimum Gasteiger partial charge on any atom is -0.431 e. The van der Waals surface area contributed by atoms with Crippen LogP contribution in [-0.4, -0.2) is 36.6 Å². The molecule has 0 radical (unpaired) electrons.